The molecule has 0 radical (unpaired) electrons. The van der Waals surface area contributed by atoms with Crippen molar-refractivity contribution in [1.29, 1.82) is 0 Å². The summed E-state index contributed by atoms with van der Waals surface area (Å²) < 4.78 is 0. The Morgan fingerprint density at radius 3 is 2.30 bits per heavy atom. The molecular weight excluding hydrogens is 304 g/mol. The minimum absolute atomic E-state index is 0.00809. The van der Waals surface area contributed by atoms with Gasteiger partial charge in [-0.05, 0) is 36.3 Å². The Kier molecular flexibility index (Phi) is 5.94. The summed E-state index contributed by atoms with van der Waals surface area (Å²) >= 11 is 1.55. The number of nitrogens with zero attached hydrogens (tertiary/aromatic N) is 1. The highest BCUT2D eigenvalue weighted by Crippen LogP contribution is 2.26. The molecule has 0 aliphatic rings. The smallest absolute Gasteiger partial charge is 0.233 e. The van der Waals surface area contributed by atoms with Gasteiger partial charge in [-0.2, -0.15) is 0 Å². The van der Waals surface area contributed by atoms with Crippen molar-refractivity contribution in [3.63, 3.8) is 0 Å². The van der Waals surface area contributed by atoms with Gasteiger partial charge in [-0.3, -0.25) is 4.79 Å². The second kappa shape index (κ2) is 7.73. The number of carbonyl (C=O) groups excluding carboxylic acids is 1. The fourth-order valence-electron chi connectivity index (χ4n) is 2.39. The molecular formula is C19H26N2OS. The van der Waals surface area contributed by atoms with Gasteiger partial charge in [0.25, 0.3) is 0 Å². The van der Waals surface area contributed by atoms with Crippen LogP contribution < -0.4 is 5.32 Å². The van der Waals surface area contributed by atoms with Crippen LogP contribution in [0.2, 0.25) is 0 Å². The molecule has 0 aliphatic carbocycles. The van der Waals surface area contributed by atoms with Gasteiger partial charge in [-0.15, -0.1) is 11.3 Å². The Balaban J connectivity index is 2.00. The molecule has 0 saturated heterocycles. The van der Waals surface area contributed by atoms with Crippen LogP contribution in [-0.2, 0) is 11.2 Å². The number of nitrogens with one attached hydrogen (secondary N) is 1. The highest BCUT2D eigenvalue weighted by atomic mass is 32.1. The first kappa shape index (κ1) is 17.7. The fourth-order valence-corrected chi connectivity index (χ4v) is 3.21. The van der Waals surface area contributed by atoms with Crippen molar-refractivity contribution in [3.05, 3.63) is 46.5 Å². The molecule has 1 amide bonds. The topological polar surface area (TPSA) is 42.0 Å². The fraction of sp³-hybridized carbons (Fsp3) is 0.474. The van der Waals surface area contributed by atoms with Crippen LogP contribution in [0.25, 0.3) is 0 Å². The average molecular weight is 330 g/mol. The predicted octanol–water partition coefficient (Wildman–Crippen LogP) is 5.21. The normalized spacial score (nSPS) is 12.7. The Hall–Kier alpha value is -1.68. The lowest BCUT2D eigenvalue weighted by atomic mass is 9.96. The predicted molar refractivity (Wildman–Crippen MR) is 98.2 cm³/mol. The number of amides is 1. The molecule has 1 atom stereocenters. The van der Waals surface area contributed by atoms with E-state index in [9.17, 15) is 4.79 Å². The molecule has 0 bridgehead atoms. The van der Waals surface area contributed by atoms with E-state index >= 15 is 0 Å². The first-order valence-electron chi connectivity index (χ1n) is 8.22. The maximum Gasteiger partial charge on any atom is 0.233 e. The van der Waals surface area contributed by atoms with Crippen LogP contribution in [0.1, 0.15) is 62.5 Å². The number of rotatable bonds is 6. The molecule has 0 fully saturated rings. The highest BCUT2D eigenvalue weighted by Gasteiger charge is 2.17. The summed E-state index contributed by atoms with van der Waals surface area (Å²) in [5.74, 6) is 0.881. The van der Waals surface area contributed by atoms with E-state index < -0.39 is 0 Å². The van der Waals surface area contributed by atoms with E-state index in [1.54, 1.807) is 11.3 Å². The number of anilines is 1. The zero-order valence-electron chi connectivity index (χ0n) is 14.6. The molecule has 124 valence electrons. The molecule has 0 spiro atoms. The van der Waals surface area contributed by atoms with Crippen molar-refractivity contribution in [2.45, 2.75) is 52.9 Å². The standard InChI is InChI=1S/C19H26N2OS/c1-12(2)10-15-6-8-16(9-7-15)14(5)18(22)21-19-20-11-17(23-19)13(3)4/h6-9,11-14H,10H2,1-5H3,(H,20,21,22). The second-order valence-electron chi connectivity index (χ2n) is 6.77. The molecule has 4 heteroatoms. The maximum absolute atomic E-state index is 12.4. The lowest BCUT2D eigenvalue weighted by Gasteiger charge is -2.12. The molecule has 0 aliphatic heterocycles. The summed E-state index contributed by atoms with van der Waals surface area (Å²) in [6, 6.07) is 8.37. The molecule has 1 unspecified atom stereocenters. The number of thiazole rings is 1. The molecule has 1 heterocycles. The van der Waals surface area contributed by atoms with Crippen LogP contribution in [0.4, 0.5) is 5.13 Å². The highest BCUT2D eigenvalue weighted by molar-refractivity contribution is 7.15. The molecule has 2 aromatic rings. The van der Waals surface area contributed by atoms with Crippen LogP contribution in [0.3, 0.4) is 0 Å². The summed E-state index contributed by atoms with van der Waals surface area (Å²) in [5.41, 5.74) is 2.36. The zero-order valence-corrected chi connectivity index (χ0v) is 15.4. The van der Waals surface area contributed by atoms with Crippen molar-refractivity contribution in [3.8, 4) is 0 Å². The van der Waals surface area contributed by atoms with Crippen molar-refractivity contribution in [2.24, 2.45) is 5.92 Å². The van der Waals surface area contributed by atoms with E-state index in [0.717, 1.165) is 12.0 Å². The summed E-state index contributed by atoms with van der Waals surface area (Å²) in [4.78, 5) is 17.9. The van der Waals surface area contributed by atoms with E-state index in [4.69, 9.17) is 0 Å². The third-order valence-corrected chi connectivity index (χ3v) is 5.05. The Morgan fingerprint density at radius 1 is 1.13 bits per heavy atom. The van der Waals surface area contributed by atoms with Gasteiger partial charge in [0.1, 0.15) is 0 Å². The van der Waals surface area contributed by atoms with Crippen LogP contribution in [0.5, 0.6) is 0 Å². The quantitative estimate of drug-likeness (QED) is 0.790. The van der Waals surface area contributed by atoms with Gasteiger partial charge in [0, 0.05) is 11.1 Å². The Bertz CT molecular complexity index is 644. The molecule has 1 aromatic carbocycles. The van der Waals surface area contributed by atoms with Gasteiger partial charge < -0.3 is 5.32 Å². The number of hydrogen-bond donors (Lipinski definition) is 1. The first-order chi connectivity index (χ1) is 10.9. The number of aromatic nitrogens is 1. The van der Waals surface area contributed by atoms with Crippen LogP contribution >= 0.6 is 11.3 Å². The monoisotopic (exact) mass is 330 g/mol. The number of carbonyl (C=O) groups is 1. The van der Waals surface area contributed by atoms with E-state index in [2.05, 4.69) is 62.3 Å². The molecule has 2 rings (SSSR count). The summed E-state index contributed by atoms with van der Waals surface area (Å²) in [6.45, 7) is 10.6. The van der Waals surface area contributed by atoms with Gasteiger partial charge in [0.05, 0.1) is 5.92 Å². The van der Waals surface area contributed by atoms with Crippen molar-refractivity contribution in [2.75, 3.05) is 5.32 Å². The molecule has 23 heavy (non-hydrogen) atoms. The van der Waals surface area contributed by atoms with Crippen LogP contribution in [0.15, 0.2) is 30.5 Å². The van der Waals surface area contributed by atoms with Gasteiger partial charge in [-0.1, -0.05) is 52.0 Å². The minimum atomic E-state index is -0.186. The van der Waals surface area contributed by atoms with Crippen molar-refractivity contribution >= 4 is 22.4 Å². The largest absolute Gasteiger partial charge is 0.301 e. The summed E-state index contributed by atoms with van der Waals surface area (Å²) in [6.07, 6.45) is 2.91. The van der Waals surface area contributed by atoms with E-state index in [-0.39, 0.29) is 11.8 Å². The zero-order chi connectivity index (χ0) is 17.0. The maximum atomic E-state index is 12.4. The molecule has 1 aromatic heterocycles. The molecule has 1 N–H and O–H groups in total. The van der Waals surface area contributed by atoms with E-state index in [1.807, 2.05) is 13.1 Å². The van der Waals surface area contributed by atoms with Crippen molar-refractivity contribution < 1.29 is 4.79 Å². The number of hydrogen-bond acceptors (Lipinski definition) is 3. The van der Waals surface area contributed by atoms with Crippen LogP contribution in [0, 0.1) is 5.92 Å². The van der Waals surface area contributed by atoms with Gasteiger partial charge in [0.15, 0.2) is 5.13 Å². The van der Waals surface area contributed by atoms with E-state index in [0.29, 0.717) is 17.0 Å². The van der Waals surface area contributed by atoms with Gasteiger partial charge in [-0.25, -0.2) is 4.98 Å². The molecule has 3 nitrogen and oxygen atoms in total. The lowest BCUT2D eigenvalue weighted by molar-refractivity contribution is -0.117. The average Bonchev–Trinajstić information content (AvgIpc) is 2.95. The third kappa shape index (κ3) is 4.90. The van der Waals surface area contributed by atoms with Crippen LogP contribution in [-0.4, -0.2) is 10.9 Å². The number of benzene rings is 1. The van der Waals surface area contributed by atoms with Gasteiger partial charge >= 0.3 is 0 Å². The SMILES string of the molecule is CC(C)Cc1ccc(C(C)C(=O)Nc2ncc(C(C)C)s2)cc1. The van der Waals surface area contributed by atoms with E-state index in [1.165, 1.54) is 10.4 Å². The third-order valence-electron chi connectivity index (χ3n) is 3.84. The minimum Gasteiger partial charge on any atom is -0.301 e. The Morgan fingerprint density at radius 2 is 1.78 bits per heavy atom. The van der Waals surface area contributed by atoms with Crippen molar-refractivity contribution in [1.82, 2.24) is 4.98 Å². The summed E-state index contributed by atoms with van der Waals surface area (Å²) in [5, 5.41) is 3.61. The summed E-state index contributed by atoms with van der Waals surface area (Å²) in [7, 11) is 0. The lowest BCUT2D eigenvalue weighted by Crippen LogP contribution is -2.18. The Labute approximate surface area is 143 Å². The van der Waals surface area contributed by atoms with Gasteiger partial charge in [0.2, 0.25) is 5.91 Å². The molecule has 0 saturated carbocycles. The first-order valence-corrected chi connectivity index (χ1v) is 9.04. The second-order valence-corrected chi connectivity index (χ2v) is 7.84.